The van der Waals surface area contributed by atoms with E-state index in [9.17, 15) is 23.1 Å². The summed E-state index contributed by atoms with van der Waals surface area (Å²) < 4.78 is 42.4. The number of nitrogens with one attached hydrogen (secondary N) is 1. The lowest BCUT2D eigenvalue weighted by Gasteiger charge is -2.37. The van der Waals surface area contributed by atoms with Crippen LogP contribution in [-0.4, -0.2) is 16.3 Å². The van der Waals surface area contributed by atoms with Crippen LogP contribution in [0.4, 0.5) is 13.2 Å². The number of aromatic nitrogens is 1. The number of halogens is 4. The minimum absolute atomic E-state index is 0.0543. The van der Waals surface area contributed by atoms with E-state index < -0.39 is 28.8 Å². The maximum Gasteiger partial charge on any atom is 0.422 e. The van der Waals surface area contributed by atoms with Crippen LogP contribution in [0.3, 0.4) is 0 Å². The summed E-state index contributed by atoms with van der Waals surface area (Å²) in [5.74, 6) is -1.47. The van der Waals surface area contributed by atoms with Crippen LogP contribution in [0.1, 0.15) is 35.1 Å². The SMILES string of the molecule is Cc1cc(C(O)(C(C)c2ccc(-c3ccc(CC#N)cc3)cc2Cl)C(F)(F)F)c[nH]c1=O. The minimum atomic E-state index is -5.03. The van der Waals surface area contributed by atoms with Crippen LogP contribution >= 0.6 is 11.6 Å². The highest BCUT2D eigenvalue weighted by Crippen LogP contribution is 2.49. The van der Waals surface area contributed by atoms with Crippen molar-refractivity contribution in [3.63, 3.8) is 0 Å². The lowest BCUT2D eigenvalue weighted by molar-refractivity contribution is -0.274. The van der Waals surface area contributed by atoms with Crippen molar-refractivity contribution in [2.24, 2.45) is 0 Å². The molecular weight excluding hydrogens is 441 g/mol. The summed E-state index contributed by atoms with van der Waals surface area (Å²) in [7, 11) is 0. The van der Waals surface area contributed by atoms with Crippen LogP contribution in [0.25, 0.3) is 11.1 Å². The average Bonchev–Trinajstić information content (AvgIpc) is 2.74. The third kappa shape index (κ3) is 4.29. The molecule has 3 rings (SSSR count). The van der Waals surface area contributed by atoms with Gasteiger partial charge in [-0.3, -0.25) is 4.79 Å². The summed E-state index contributed by atoms with van der Waals surface area (Å²) >= 11 is 6.38. The first kappa shape index (κ1) is 23.6. The fourth-order valence-corrected chi connectivity index (χ4v) is 4.01. The molecule has 2 aromatic carbocycles. The zero-order chi connectivity index (χ0) is 23.7. The number of nitriles is 1. The van der Waals surface area contributed by atoms with Crippen LogP contribution < -0.4 is 5.56 Å². The summed E-state index contributed by atoms with van der Waals surface area (Å²) in [6, 6.07) is 14.9. The molecule has 0 bridgehead atoms. The van der Waals surface area contributed by atoms with Crippen LogP contribution in [0, 0.1) is 18.3 Å². The summed E-state index contributed by atoms with van der Waals surface area (Å²) in [6.07, 6.45) is -3.88. The Balaban J connectivity index is 2.04. The molecule has 0 radical (unpaired) electrons. The molecule has 1 aromatic heterocycles. The highest BCUT2D eigenvalue weighted by atomic mass is 35.5. The number of aliphatic hydroxyl groups is 1. The molecule has 0 aliphatic rings. The van der Waals surface area contributed by atoms with Crippen molar-refractivity contribution in [2.45, 2.75) is 38.0 Å². The highest BCUT2D eigenvalue weighted by molar-refractivity contribution is 6.31. The van der Waals surface area contributed by atoms with E-state index in [-0.39, 0.29) is 22.6 Å². The van der Waals surface area contributed by atoms with Gasteiger partial charge < -0.3 is 10.1 Å². The van der Waals surface area contributed by atoms with Gasteiger partial charge in [0.15, 0.2) is 5.60 Å². The Morgan fingerprint density at radius 3 is 2.28 bits per heavy atom. The first-order valence-electron chi connectivity index (χ1n) is 9.73. The van der Waals surface area contributed by atoms with Gasteiger partial charge in [-0.05, 0) is 41.3 Å². The maximum atomic E-state index is 14.1. The largest absolute Gasteiger partial charge is 0.422 e. The van der Waals surface area contributed by atoms with E-state index in [4.69, 9.17) is 16.9 Å². The summed E-state index contributed by atoms with van der Waals surface area (Å²) in [6.45, 7) is 2.61. The van der Waals surface area contributed by atoms with Crippen molar-refractivity contribution >= 4 is 11.6 Å². The average molecular weight is 461 g/mol. The number of hydrogen-bond donors (Lipinski definition) is 2. The molecule has 4 nitrogen and oxygen atoms in total. The number of aryl methyl sites for hydroxylation is 1. The number of H-pyrrole nitrogens is 1. The van der Waals surface area contributed by atoms with Crippen LogP contribution in [0.5, 0.6) is 0 Å². The second-order valence-corrected chi connectivity index (χ2v) is 8.06. The molecule has 0 fully saturated rings. The normalized spacial score (nSPS) is 14.4. The first-order chi connectivity index (χ1) is 15.0. The predicted octanol–water partition coefficient (Wildman–Crippen LogP) is 5.62. The number of rotatable bonds is 5. The van der Waals surface area contributed by atoms with Crippen molar-refractivity contribution in [3.8, 4) is 17.2 Å². The number of pyridine rings is 1. The smallest absolute Gasteiger partial charge is 0.376 e. The maximum absolute atomic E-state index is 14.1. The summed E-state index contributed by atoms with van der Waals surface area (Å²) in [5.41, 5.74) is -1.79. The van der Waals surface area contributed by atoms with Crippen molar-refractivity contribution in [2.75, 3.05) is 0 Å². The fourth-order valence-electron chi connectivity index (χ4n) is 3.67. The molecule has 0 saturated carbocycles. The van der Waals surface area contributed by atoms with Gasteiger partial charge in [-0.2, -0.15) is 18.4 Å². The Labute approximate surface area is 187 Å². The van der Waals surface area contributed by atoms with Gasteiger partial charge in [-0.25, -0.2) is 0 Å². The van der Waals surface area contributed by atoms with E-state index in [1.165, 1.54) is 19.9 Å². The zero-order valence-corrected chi connectivity index (χ0v) is 18.1. The Hall–Kier alpha value is -3.08. The lowest BCUT2D eigenvalue weighted by Crippen LogP contribution is -2.47. The zero-order valence-electron chi connectivity index (χ0n) is 17.3. The van der Waals surface area contributed by atoms with E-state index in [0.717, 1.165) is 23.4 Å². The lowest BCUT2D eigenvalue weighted by atomic mass is 9.77. The van der Waals surface area contributed by atoms with Gasteiger partial charge >= 0.3 is 6.18 Å². The van der Waals surface area contributed by atoms with Crippen molar-refractivity contribution in [1.82, 2.24) is 4.98 Å². The molecular formula is C24H20ClF3N2O2. The number of nitrogens with zero attached hydrogens (tertiary/aromatic N) is 1. The minimum Gasteiger partial charge on any atom is -0.376 e. The third-order valence-electron chi connectivity index (χ3n) is 5.63. The fraction of sp³-hybridized carbons (Fsp3) is 0.250. The van der Waals surface area contributed by atoms with E-state index in [0.29, 0.717) is 5.56 Å². The van der Waals surface area contributed by atoms with Crippen molar-refractivity contribution in [3.05, 3.63) is 92.4 Å². The van der Waals surface area contributed by atoms with Crippen LogP contribution in [-0.2, 0) is 12.0 Å². The molecule has 0 aliphatic carbocycles. The monoisotopic (exact) mass is 460 g/mol. The van der Waals surface area contributed by atoms with Gasteiger partial charge in [0.2, 0.25) is 0 Å². The molecule has 2 atom stereocenters. The Bertz CT molecular complexity index is 1230. The van der Waals surface area contributed by atoms with Gasteiger partial charge in [-0.15, -0.1) is 0 Å². The quantitative estimate of drug-likeness (QED) is 0.518. The van der Waals surface area contributed by atoms with E-state index in [2.05, 4.69) is 11.1 Å². The second-order valence-electron chi connectivity index (χ2n) is 7.65. The molecule has 0 amide bonds. The topological polar surface area (TPSA) is 76.9 Å². The first-order valence-corrected chi connectivity index (χ1v) is 10.1. The van der Waals surface area contributed by atoms with Crippen molar-refractivity contribution < 1.29 is 18.3 Å². The van der Waals surface area contributed by atoms with Crippen LogP contribution in [0.15, 0.2) is 59.5 Å². The number of aromatic amines is 1. The van der Waals surface area contributed by atoms with Crippen molar-refractivity contribution in [1.29, 1.82) is 5.26 Å². The number of benzene rings is 2. The number of alkyl halides is 3. The van der Waals surface area contributed by atoms with Crippen LogP contribution in [0.2, 0.25) is 5.02 Å². The molecule has 0 spiro atoms. The molecule has 2 N–H and O–H groups in total. The van der Waals surface area contributed by atoms with E-state index >= 15 is 0 Å². The van der Waals surface area contributed by atoms with Gasteiger partial charge in [0.25, 0.3) is 5.56 Å². The molecule has 1 heterocycles. The molecule has 3 aromatic rings. The third-order valence-corrected chi connectivity index (χ3v) is 5.95. The Morgan fingerprint density at radius 1 is 1.12 bits per heavy atom. The highest BCUT2D eigenvalue weighted by Gasteiger charge is 2.59. The van der Waals surface area contributed by atoms with Gasteiger partial charge in [0, 0.05) is 28.3 Å². The van der Waals surface area contributed by atoms with Gasteiger partial charge in [0.1, 0.15) is 0 Å². The standard InChI is InChI=1S/C24H20ClF3N2O2/c1-14-11-19(13-30-22(14)31)23(32,24(26,27)28)15(2)20-8-7-18(12-21(20)25)17-5-3-16(4-6-17)9-10-29/h3-8,11-13,15,32H,9H2,1-2H3,(H,30,31). The molecule has 0 aliphatic heterocycles. The van der Waals surface area contributed by atoms with Gasteiger partial charge in [0.05, 0.1) is 12.5 Å². The molecule has 2 unspecified atom stereocenters. The summed E-state index contributed by atoms with van der Waals surface area (Å²) in [5, 5.41) is 19.8. The molecule has 0 saturated heterocycles. The molecule has 32 heavy (non-hydrogen) atoms. The Morgan fingerprint density at radius 2 is 1.75 bits per heavy atom. The molecule has 8 heteroatoms. The van der Waals surface area contributed by atoms with Gasteiger partial charge in [-0.1, -0.05) is 54.9 Å². The molecule has 166 valence electrons. The second kappa shape index (κ2) is 8.81. The van der Waals surface area contributed by atoms with E-state index in [1.54, 1.807) is 36.4 Å². The van der Waals surface area contributed by atoms with E-state index in [1.807, 2.05) is 0 Å². The number of hydrogen-bond acceptors (Lipinski definition) is 3. The Kier molecular flexibility index (Phi) is 6.49. The summed E-state index contributed by atoms with van der Waals surface area (Å²) in [4.78, 5) is 13.9. The predicted molar refractivity (Wildman–Crippen MR) is 116 cm³/mol.